The van der Waals surface area contributed by atoms with Crippen LogP contribution in [0.1, 0.15) is 24.8 Å². The highest BCUT2D eigenvalue weighted by molar-refractivity contribution is 7.98. The van der Waals surface area contributed by atoms with Crippen molar-refractivity contribution in [2.75, 3.05) is 18.6 Å². The van der Waals surface area contributed by atoms with Gasteiger partial charge >= 0.3 is 11.9 Å². The number of aliphatic hydroxyl groups excluding tert-OH is 1. The molecule has 0 heterocycles. The smallest absolute Gasteiger partial charge is 0.328 e. The zero-order valence-corrected chi connectivity index (χ0v) is 20.1. The second-order valence-electron chi connectivity index (χ2n) is 7.71. The molecule has 8 N–H and O–H groups in total. The predicted octanol–water partition coefficient (Wildman–Crippen LogP) is -1.29. The number of thioether (sulfide) groups is 1. The number of nitrogens with one attached hydrogen (secondary N) is 3. The van der Waals surface area contributed by atoms with E-state index in [1.54, 1.807) is 0 Å². The molecule has 4 unspecified atom stereocenters. The maximum Gasteiger partial charge on any atom is 0.328 e. The third kappa shape index (κ3) is 11.2. The maximum absolute atomic E-state index is 12.9. The summed E-state index contributed by atoms with van der Waals surface area (Å²) in [6, 6.07) is 4.03. The molecule has 4 atom stereocenters. The van der Waals surface area contributed by atoms with Gasteiger partial charge in [-0.2, -0.15) is 11.8 Å². The minimum absolute atomic E-state index is 0.207. The Hall–Kier alpha value is -3.16. The number of carboxylic acid groups (broad SMARTS) is 2. The van der Waals surface area contributed by atoms with Crippen LogP contribution < -0.4 is 21.7 Å². The van der Waals surface area contributed by atoms with Gasteiger partial charge in [-0.1, -0.05) is 30.3 Å². The Labute approximate surface area is 207 Å². The molecule has 194 valence electrons. The van der Waals surface area contributed by atoms with Gasteiger partial charge in [0.25, 0.3) is 0 Å². The molecule has 0 saturated heterocycles. The number of hydrogen-bond acceptors (Lipinski definition) is 8. The first-order chi connectivity index (χ1) is 16.6. The van der Waals surface area contributed by atoms with Crippen LogP contribution in [0.15, 0.2) is 30.3 Å². The average molecular weight is 513 g/mol. The summed E-state index contributed by atoms with van der Waals surface area (Å²) < 4.78 is 0. The number of aliphatic hydroxyl groups is 1. The number of carbonyl (C=O) groups excluding carboxylic acids is 3. The van der Waals surface area contributed by atoms with Crippen molar-refractivity contribution in [2.24, 2.45) is 5.73 Å². The van der Waals surface area contributed by atoms with Crippen molar-refractivity contribution < 1.29 is 39.3 Å². The summed E-state index contributed by atoms with van der Waals surface area (Å²) in [4.78, 5) is 60.2. The molecule has 3 amide bonds. The highest BCUT2D eigenvalue weighted by atomic mass is 32.2. The van der Waals surface area contributed by atoms with Crippen molar-refractivity contribution in [2.45, 2.75) is 49.9 Å². The van der Waals surface area contributed by atoms with Gasteiger partial charge in [-0.3, -0.25) is 19.2 Å². The normalized spacial score (nSPS) is 14.1. The fourth-order valence-electron chi connectivity index (χ4n) is 3.01. The Morgan fingerprint density at radius 1 is 0.886 bits per heavy atom. The molecule has 0 aliphatic heterocycles. The zero-order chi connectivity index (χ0) is 26.4. The van der Waals surface area contributed by atoms with E-state index in [1.807, 2.05) is 36.6 Å². The second-order valence-corrected chi connectivity index (χ2v) is 8.70. The van der Waals surface area contributed by atoms with Gasteiger partial charge in [-0.05, 0) is 36.8 Å². The monoisotopic (exact) mass is 512 g/mol. The summed E-state index contributed by atoms with van der Waals surface area (Å²) in [5.74, 6) is -4.54. The number of amides is 3. The van der Waals surface area contributed by atoms with Gasteiger partial charge < -0.3 is 37.0 Å². The lowest BCUT2D eigenvalue weighted by Gasteiger charge is -2.24. The minimum Gasteiger partial charge on any atom is -0.481 e. The number of rotatable bonds is 16. The molecule has 12 nitrogen and oxygen atoms in total. The lowest BCUT2D eigenvalue weighted by atomic mass is 10.0. The summed E-state index contributed by atoms with van der Waals surface area (Å²) in [6.07, 6.45) is 1.44. The number of benzene rings is 1. The van der Waals surface area contributed by atoms with Crippen molar-refractivity contribution >= 4 is 41.4 Å². The predicted molar refractivity (Wildman–Crippen MR) is 129 cm³/mol. The van der Waals surface area contributed by atoms with Gasteiger partial charge in [-0.15, -0.1) is 0 Å². The van der Waals surface area contributed by atoms with E-state index in [1.165, 1.54) is 11.8 Å². The molecule has 0 radical (unpaired) electrons. The standard InChI is InChI=1S/C22H32N4O8S/c1-35-10-9-16(24-19(30)14(23)11-13-5-3-2-4-6-13)21(32)25-15(7-8-18(28)29)20(31)26-17(12-27)22(33)34/h2-6,14-17,27H,7-12,23H2,1H3,(H,24,30)(H,25,32)(H,26,31)(H,28,29)(H,33,34). The van der Waals surface area contributed by atoms with E-state index in [-0.39, 0.29) is 19.3 Å². The van der Waals surface area contributed by atoms with E-state index < -0.39 is 66.9 Å². The molecule has 1 rings (SSSR count). The molecule has 0 saturated carbocycles. The SMILES string of the molecule is CSCCC(NC(=O)C(N)Cc1ccccc1)C(=O)NC(CCC(=O)O)C(=O)NC(CO)C(=O)O. The van der Waals surface area contributed by atoms with Crippen molar-refractivity contribution in [3.8, 4) is 0 Å². The lowest BCUT2D eigenvalue weighted by Crippen LogP contribution is -2.57. The minimum atomic E-state index is -1.63. The maximum atomic E-state index is 12.9. The summed E-state index contributed by atoms with van der Waals surface area (Å²) in [5, 5.41) is 34.2. The van der Waals surface area contributed by atoms with Crippen molar-refractivity contribution in [3.63, 3.8) is 0 Å². The van der Waals surface area contributed by atoms with Gasteiger partial charge in [0.15, 0.2) is 0 Å². The fourth-order valence-corrected chi connectivity index (χ4v) is 3.48. The number of nitrogens with two attached hydrogens (primary N) is 1. The zero-order valence-electron chi connectivity index (χ0n) is 19.3. The van der Waals surface area contributed by atoms with Crippen LogP contribution in [0.3, 0.4) is 0 Å². The average Bonchev–Trinajstić information content (AvgIpc) is 2.82. The highest BCUT2D eigenvalue weighted by Gasteiger charge is 2.30. The quantitative estimate of drug-likeness (QED) is 0.139. The molecule has 0 aliphatic carbocycles. The molecule has 13 heteroatoms. The van der Waals surface area contributed by atoms with Crippen LogP contribution in [-0.2, 0) is 30.4 Å². The van der Waals surface area contributed by atoms with Crippen molar-refractivity contribution in [3.05, 3.63) is 35.9 Å². The molecule has 0 spiro atoms. The Bertz CT molecular complexity index is 870. The van der Waals surface area contributed by atoms with E-state index in [0.717, 1.165) is 5.56 Å². The number of hydrogen-bond donors (Lipinski definition) is 7. The van der Waals surface area contributed by atoms with Crippen molar-refractivity contribution in [1.82, 2.24) is 16.0 Å². The first kappa shape index (κ1) is 29.9. The second kappa shape index (κ2) is 15.7. The van der Waals surface area contributed by atoms with E-state index in [9.17, 15) is 24.0 Å². The van der Waals surface area contributed by atoms with E-state index >= 15 is 0 Å². The van der Waals surface area contributed by atoms with Crippen LogP contribution in [0.5, 0.6) is 0 Å². The molecular weight excluding hydrogens is 480 g/mol. The molecule has 35 heavy (non-hydrogen) atoms. The Kier molecular flexibility index (Phi) is 13.4. The third-order valence-electron chi connectivity index (χ3n) is 4.96. The largest absolute Gasteiger partial charge is 0.481 e. The summed E-state index contributed by atoms with van der Waals surface area (Å²) in [6.45, 7) is -0.896. The lowest BCUT2D eigenvalue weighted by molar-refractivity contribution is -0.144. The molecular formula is C22H32N4O8S. The molecule has 0 aromatic heterocycles. The van der Waals surface area contributed by atoms with Crippen LogP contribution in [0, 0.1) is 0 Å². The Balaban J connectivity index is 2.93. The summed E-state index contributed by atoms with van der Waals surface area (Å²) >= 11 is 1.43. The molecule has 1 aromatic carbocycles. The summed E-state index contributed by atoms with van der Waals surface area (Å²) in [5.41, 5.74) is 6.83. The molecule has 0 fully saturated rings. The van der Waals surface area contributed by atoms with Crippen LogP contribution in [0.2, 0.25) is 0 Å². The van der Waals surface area contributed by atoms with E-state index in [0.29, 0.717) is 5.75 Å². The highest BCUT2D eigenvalue weighted by Crippen LogP contribution is 2.07. The van der Waals surface area contributed by atoms with Gasteiger partial charge in [-0.25, -0.2) is 4.79 Å². The van der Waals surface area contributed by atoms with Crippen LogP contribution in [-0.4, -0.2) is 87.8 Å². The van der Waals surface area contributed by atoms with E-state index in [4.69, 9.17) is 21.1 Å². The number of carbonyl (C=O) groups is 5. The van der Waals surface area contributed by atoms with Gasteiger partial charge in [0, 0.05) is 6.42 Å². The van der Waals surface area contributed by atoms with Gasteiger partial charge in [0.05, 0.1) is 12.6 Å². The summed E-state index contributed by atoms with van der Waals surface area (Å²) in [7, 11) is 0. The third-order valence-corrected chi connectivity index (χ3v) is 5.60. The first-order valence-electron chi connectivity index (χ1n) is 10.8. The first-order valence-corrected chi connectivity index (χ1v) is 12.2. The van der Waals surface area contributed by atoms with Crippen LogP contribution in [0.25, 0.3) is 0 Å². The Morgan fingerprint density at radius 3 is 1.94 bits per heavy atom. The molecule has 0 aliphatic rings. The van der Waals surface area contributed by atoms with Gasteiger partial charge in [0.2, 0.25) is 17.7 Å². The fraction of sp³-hybridized carbons (Fsp3) is 0.500. The van der Waals surface area contributed by atoms with Gasteiger partial charge in [0.1, 0.15) is 18.1 Å². The van der Waals surface area contributed by atoms with Crippen molar-refractivity contribution in [1.29, 1.82) is 0 Å². The topological polar surface area (TPSA) is 208 Å². The van der Waals surface area contributed by atoms with E-state index in [2.05, 4.69) is 16.0 Å². The number of aliphatic carboxylic acids is 2. The molecule has 1 aromatic rings. The van der Waals surface area contributed by atoms with Crippen LogP contribution >= 0.6 is 11.8 Å². The Morgan fingerprint density at radius 2 is 1.43 bits per heavy atom. The molecule has 0 bridgehead atoms. The number of carboxylic acids is 2. The van der Waals surface area contributed by atoms with Crippen LogP contribution in [0.4, 0.5) is 0 Å².